The minimum absolute atomic E-state index is 0.297. The van der Waals surface area contributed by atoms with Crippen LogP contribution in [0.3, 0.4) is 0 Å². The van der Waals surface area contributed by atoms with Gasteiger partial charge in [-0.15, -0.1) is 0 Å². The predicted molar refractivity (Wildman–Crippen MR) is 151 cm³/mol. The van der Waals surface area contributed by atoms with Crippen LogP contribution in [-0.4, -0.2) is 17.7 Å². The Morgan fingerprint density at radius 3 is 1.38 bits per heavy atom. The lowest BCUT2D eigenvalue weighted by Gasteiger charge is -2.33. The van der Waals surface area contributed by atoms with Crippen LogP contribution in [0.25, 0.3) is 21.5 Å². The van der Waals surface area contributed by atoms with E-state index in [-0.39, 0.29) is 5.78 Å². The molecule has 5 heteroatoms. The molecule has 0 saturated heterocycles. The fraction of sp³-hybridized carbons (Fsp3) is 0.147. The summed E-state index contributed by atoms with van der Waals surface area (Å²) in [7, 11) is 0. The highest BCUT2D eigenvalue weighted by atomic mass is 16.6. The summed E-state index contributed by atoms with van der Waals surface area (Å²) >= 11 is 0. The number of carbonyl (C=O) groups excluding carboxylic acids is 3. The fourth-order valence-electron chi connectivity index (χ4n) is 5.24. The monoisotopic (exact) mass is 516 g/mol. The number of carbonyl (C=O) groups is 3. The molecule has 0 bridgehead atoms. The van der Waals surface area contributed by atoms with Crippen molar-refractivity contribution in [2.45, 2.75) is 26.1 Å². The number of ether oxygens (including phenoxy) is 2. The van der Waals surface area contributed by atoms with Gasteiger partial charge in [-0.3, -0.25) is 14.4 Å². The molecule has 5 nitrogen and oxygen atoms in total. The first kappa shape index (κ1) is 25.9. The highest BCUT2D eigenvalue weighted by Crippen LogP contribution is 2.44. The van der Waals surface area contributed by atoms with E-state index in [0.29, 0.717) is 16.7 Å². The molecular formula is C34H28O5. The summed E-state index contributed by atoms with van der Waals surface area (Å²) < 4.78 is 12.0. The molecule has 194 valence electrons. The lowest BCUT2D eigenvalue weighted by atomic mass is 9.79. The molecule has 0 aliphatic carbocycles. The van der Waals surface area contributed by atoms with Crippen LogP contribution >= 0.6 is 0 Å². The molecule has 0 N–H and O–H groups in total. The van der Waals surface area contributed by atoms with Crippen molar-refractivity contribution in [2.24, 2.45) is 5.92 Å². The average molecular weight is 517 g/mol. The second-order valence-electron chi connectivity index (χ2n) is 9.45. The standard InChI is InChI=1S/C34H28O5/c1-22(35)38-33(29-20-10-16-24-12-6-8-18-27(24)29)31(32(37)26-14-4-3-5-15-26)34(39-23(2)36)30-21-11-17-25-13-7-9-19-28(25)30/h3-21,31,33-34H,1-2H3/t31?,33-,34+. The normalized spacial score (nSPS) is 13.4. The molecule has 0 fully saturated rings. The zero-order valence-electron chi connectivity index (χ0n) is 21.7. The highest BCUT2D eigenvalue weighted by molar-refractivity contribution is 6.00. The maximum absolute atomic E-state index is 14.4. The zero-order chi connectivity index (χ0) is 27.4. The topological polar surface area (TPSA) is 69.7 Å². The number of ketones is 1. The molecule has 39 heavy (non-hydrogen) atoms. The highest BCUT2D eigenvalue weighted by Gasteiger charge is 2.43. The number of benzene rings is 5. The third kappa shape index (κ3) is 5.43. The molecule has 5 aromatic rings. The van der Waals surface area contributed by atoms with E-state index in [9.17, 15) is 14.4 Å². The summed E-state index contributed by atoms with van der Waals surface area (Å²) in [5.41, 5.74) is 1.75. The first-order valence-corrected chi connectivity index (χ1v) is 12.8. The Morgan fingerprint density at radius 2 is 0.923 bits per heavy atom. The van der Waals surface area contributed by atoms with Crippen molar-refractivity contribution in [3.05, 3.63) is 132 Å². The van der Waals surface area contributed by atoms with Crippen molar-refractivity contribution in [3.8, 4) is 0 Å². The van der Waals surface area contributed by atoms with Crippen molar-refractivity contribution in [1.82, 2.24) is 0 Å². The summed E-state index contributed by atoms with van der Waals surface area (Å²) in [6, 6.07) is 35.7. The zero-order valence-corrected chi connectivity index (χ0v) is 21.7. The molecule has 0 saturated carbocycles. The SMILES string of the molecule is CC(=O)O[C@H](c1cccc2ccccc12)C(C(=O)c1ccccc1)[C@@H](OC(C)=O)c1cccc2ccccc12. The molecule has 5 rings (SSSR count). The maximum atomic E-state index is 14.4. The summed E-state index contributed by atoms with van der Waals surface area (Å²) in [5, 5.41) is 3.56. The molecular weight excluding hydrogens is 488 g/mol. The van der Waals surface area contributed by atoms with E-state index in [1.807, 2.05) is 91.0 Å². The van der Waals surface area contributed by atoms with E-state index >= 15 is 0 Å². The number of esters is 2. The van der Waals surface area contributed by atoms with Crippen molar-refractivity contribution in [2.75, 3.05) is 0 Å². The van der Waals surface area contributed by atoms with Crippen LogP contribution in [0.1, 0.15) is 47.5 Å². The second-order valence-corrected chi connectivity index (χ2v) is 9.45. The van der Waals surface area contributed by atoms with E-state index in [2.05, 4.69) is 0 Å². The Kier molecular flexibility index (Phi) is 7.50. The Labute approximate surface area is 227 Å². The molecule has 0 amide bonds. The van der Waals surface area contributed by atoms with Gasteiger partial charge in [-0.2, -0.15) is 0 Å². The van der Waals surface area contributed by atoms with Gasteiger partial charge in [0, 0.05) is 30.5 Å². The van der Waals surface area contributed by atoms with E-state index in [1.165, 1.54) is 13.8 Å². The largest absolute Gasteiger partial charge is 0.457 e. The lowest BCUT2D eigenvalue weighted by Crippen LogP contribution is -2.34. The van der Waals surface area contributed by atoms with Gasteiger partial charge in [0.2, 0.25) is 0 Å². The van der Waals surface area contributed by atoms with Crippen molar-refractivity contribution in [3.63, 3.8) is 0 Å². The van der Waals surface area contributed by atoms with Gasteiger partial charge in [-0.1, -0.05) is 115 Å². The third-order valence-corrected chi connectivity index (χ3v) is 6.86. The van der Waals surface area contributed by atoms with Crippen LogP contribution in [0.4, 0.5) is 0 Å². The van der Waals surface area contributed by atoms with Crippen LogP contribution in [0.2, 0.25) is 0 Å². The van der Waals surface area contributed by atoms with Crippen molar-refractivity contribution < 1.29 is 23.9 Å². The summed E-state index contributed by atoms with van der Waals surface area (Å²) in [6.45, 7) is 2.64. The molecule has 0 aliphatic heterocycles. The molecule has 0 spiro atoms. The van der Waals surface area contributed by atoms with Crippen LogP contribution in [0.5, 0.6) is 0 Å². The van der Waals surface area contributed by atoms with Crippen LogP contribution in [0, 0.1) is 5.92 Å². The number of fused-ring (bicyclic) bond motifs is 2. The van der Waals surface area contributed by atoms with E-state index in [4.69, 9.17) is 9.47 Å². The quantitative estimate of drug-likeness (QED) is 0.159. The smallest absolute Gasteiger partial charge is 0.303 e. The first-order chi connectivity index (χ1) is 18.9. The van der Waals surface area contributed by atoms with Gasteiger partial charge in [0.15, 0.2) is 5.78 Å². The second kappa shape index (κ2) is 11.3. The Hall–Kier alpha value is -4.77. The minimum atomic E-state index is -1.07. The number of Topliss-reactive ketones (excluding diaryl/α,β-unsaturated/α-hetero) is 1. The van der Waals surface area contributed by atoms with Gasteiger partial charge in [-0.25, -0.2) is 0 Å². The van der Waals surface area contributed by atoms with Crippen LogP contribution in [0.15, 0.2) is 115 Å². The molecule has 3 atom stereocenters. The summed E-state index contributed by atoms with van der Waals surface area (Å²) in [5.74, 6) is -2.46. The van der Waals surface area contributed by atoms with Gasteiger partial charge >= 0.3 is 11.9 Å². The van der Waals surface area contributed by atoms with Gasteiger partial charge in [-0.05, 0) is 21.5 Å². The van der Waals surface area contributed by atoms with Gasteiger partial charge < -0.3 is 9.47 Å². The molecule has 0 aromatic heterocycles. The van der Waals surface area contributed by atoms with E-state index in [1.54, 1.807) is 24.3 Å². The Balaban J connectivity index is 1.80. The van der Waals surface area contributed by atoms with Gasteiger partial charge in [0.05, 0.1) is 0 Å². The Morgan fingerprint density at radius 1 is 0.513 bits per heavy atom. The van der Waals surface area contributed by atoms with E-state index in [0.717, 1.165) is 21.5 Å². The maximum Gasteiger partial charge on any atom is 0.303 e. The lowest BCUT2D eigenvalue weighted by molar-refractivity contribution is -0.157. The predicted octanol–water partition coefficient (Wildman–Crippen LogP) is 7.40. The number of hydrogen-bond donors (Lipinski definition) is 0. The molecule has 0 aliphatic rings. The number of rotatable bonds is 8. The molecule has 5 aromatic carbocycles. The van der Waals surface area contributed by atoms with Gasteiger partial charge in [0.1, 0.15) is 18.1 Å². The van der Waals surface area contributed by atoms with Crippen LogP contribution in [-0.2, 0) is 19.1 Å². The molecule has 0 radical (unpaired) electrons. The Bertz CT molecular complexity index is 1550. The first-order valence-electron chi connectivity index (χ1n) is 12.8. The summed E-state index contributed by atoms with van der Waals surface area (Å²) in [6.07, 6.45) is -2.07. The average Bonchev–Trinajstić information content (AvgIpc) is 2.95. The molecule has 1 unspecified atom stereocenters. The third-order valence-electron chi connectivity index (χ3n) is 6.86. The van der Waals surface area contributed by atoms with Gasteiger partial charge in [0.25, 0.3) is 0 Å². The van der Waals surface area contributed by atoms with Crippen molar-refractivity contribution >= 4 is 39.3 Å². The van der Waals surface area contributed by atoms with Crippen molar-refractivity contribution in [1.29, 1.82) is 0 Å². The minimum Gasteiger partial charge on any atom is -0.457 e. The fourth-order valence-corrected chi connectivity index (χ4v) is 5.24. The van der Waals surface area contributed by atoms with E-state index < -0.39 is 30.1 Å². The van der Waals surface area contributed by atoms with Crippen LogP contribution < -0.4 is 0 Å². The number of hydrogen-bond acceptors (Lipinski definition) is 5. The molecule has 0 heterocycles. The summed E-state index contributed by atoms with van der Waals surface area (Å²) in [4.78, 5) is 39.6.